The zero-order valence-corrected chi connectivity index (χ0v) is 23.5. The maximum absolute atomic E-state index is 13.5. The number of nitrogens with zero attached hydrogens (tertiary/aromatic N) is 3. The van der Waals surface area contributed by atoms with Crippen LogP contribution in [0.25, 0.3) is 17.2 Å². The minimum absolute atomic E-state index is 0.0647. The van der Waals surface area contributed by atoms with Crippen molar-refractivity contribution in [2.45, 2.75) is 45.4 Å². The van der Waals surface area contributed by atoms with Crippen LogP contribution in [0.3, 0.4) is 0 Å². The Hall–Kier alpha value is -3.29. The summed E-state index contributed by atoms with van der Waals surface area (Å²) in [6, 6.07) is 13.4. The number of carbonyl (C=O) groups excluding carboxylic acids is 2. The highest BCUT2D eigenvalue weighted by atomic mass is 16.2. The summed E-state index contributed by atoms with van der Waals surface area (Å²) in [5.74, 6) is 1.05. The molecule has 0 spiro atoms. The van der Waals surface area contributed by atoms with E-state index in [9.17, 15) is 9.59 Å². The van der Waals surface area contributed by atoms with E-state index in [0.29, 0.717) is 29.3 Å². The predicted octanol–water partition coefficient (Wildman–Crippen LogP) is 4.89. The molecular weight excluding hydrogens is 486 g/mol. The van der Waals surface area contributed by atoms with E-state index in [0.717, 1.165) is 74.1 Å². The SMILES string of the molecule is CCCN(CC1CCNCC1)C(=O)C1=Cc2ccc(-c3ccc(C=O)cc3)cc2N=C(N)C1.CN1CCCC1. The Bertz CT molecular complexity index is 1180. The van der Waals surface area contributed by atoms with Gasteiger partial charge in [0.05, 0.1) is 5.69 Å². The number of amidine groups is 1. The van der Waals surface area contributed by atoms with Crippen LogP contribution in [0.4, 0.5) is 5.69 Å². The first-order valence-corrected chi connectivity index (χ1v) is 14.4. The van der Waals surface area contributed by atoms with Gasteiger partial charge in [-0.25, -0.2) is 4.99 Å². The molecule has 0 aromatic heterocycles. The van der Waals surface area contributed by atoms with Crippen LogP contribution in [0.2, 0.25) is 0 Å². The summed E-state index contributed by atoms with van der Waals surface area (Å²) in [5, 5.41) is 3.40. The molecule has 0 unspecified atom stereocenters. The molecule has 1 amide bonds. The van der Waals surface area contributed by atoms with E-state index in [-0.39, 0.29) is 5.91 Å². The summed E-state index contributed by atoms with van der Waals surface area (Å²) in [6.07, 6.45) is 9.10. The van der Waals surface area contributed by atoms with E-state index in [1.807, 2.05) is 41.3 Å². The Kier molecular flexibility index (Phi) is 10.5. The molecule has 3 aliphatic rings. The maximum Gasteiger partial charge on any atom is 0.250 e. The van der Waals surface area contributed by atoms with Crippen LogP contribution in [-0.2, 0) is 4.79 Å². The van der Waals surface area contributed by atoms with Crippen molar-refractivity contribution in [1.82, 2.24) is 15.1 Å². The molecule has 39 heavy (non-hydrogen) atoms. The van der Waals surface area contributed by atoms with Gasteiger partial charge < -0.3 is 20.9 Å². The summed E-state index contributed by atoms with van der Waals surface area (Å²) in [5.41, 5.74) is 11.2. The third-order valence-corrected chi connectivity index (χ3v) is 7.70. The lowest BCUT2D eigenvalue weighted by atomic mass is 9.96. The van der Waals surface area contributed by atoms with Crippen LogP contribution in [0.5, 0.6) is 0 Å². The molecule has 3 aliphatic heterocycles. The molecule has 2 aromatic carbocycles. The molecule has 7 nitrogen and oxygen atoms in total. The lowest BCUT2D eigenvalue weighted by molar-refractivity contribution is -0.127. The number of hydrogen-bond acceptors (Lipinski definition) is 6. The number of aldehydes is 1. The van der Waals surface area contributed by atoms with Crippen molar-refractivity contribution in [2.75, 3.05) is 46.3 Å². The number of fused-ring (bicyclic) bond motifs is 1. The van der Waals surface area contributed by atoms with Crippen LogP contribution in [0.1, 0.15) is 61.4 Å². The van der Waals surface area contributed by atoms with Crippen molar-refractivity contribution in [1.29, 1.82) is 0 Å². The predicted molar refractivity (Wildman–Crippen MR) is 160 cm³/mol. The smallest absolute Gasteiger partial charge is 0.250 e. The van der Waals surface area contributed by atoms with Crippen molar-refractivity contribution in [3.63, 3.8) is 0 Å². The van der Waals surface area contributed by atoms with Gasteiger partial charge in [-0.2, -0.15) is 0 Å². The first-order chi connectivity index (χ1) is 19.0. The number of nitrogens with one attached hydrogen (secondary N) is 1. The van der Waals surface area contributed by atoms with Crippen molar-refractivity contribution >= 4 is 29.8 Å². The molecule has 2 fully saturated rings. The van der Waals surface area contributed by atoms with Crippen LogP contribution >= 0.6 is 0 Å². The Balaban J connectivity index is 0.000000519. The van der Waals surface area contributed by atoms with E-state index >= 15 is 0 Å². The monoisotopic (exact) mass is 529 g/mol. The topological polar surface area (TPSA) is 91.0 Å². The minimum Gasteiger partial charge on any atom is -0.387 e. The van der Waals surface area contributed by atoms with E-state index in [2.05, 4.69) is 29.2 Å². The molecule has 208 valence electrons. The van der Waals surface area contributed by atoms with E-state index in [4.69, 9.17) is 5.73 Å². The van der Waals surface area contributed by atoms with Crippen LogP contribution < -0.4 is 11.1 Å². The van der Waals surface area contributed by atoms with Crippen LogP contribution in [0, 0.1) is 5.92 Å². The molecule has 0 bridgehead atoms. The second kappa shape index (κ2) is 14.2. The Morgan fingerprint density at radius 3 is 2.41 bits per heavy atom. The van der Waals surface area contributed by atoms with Gasteiger partial charge in [-0.1, -0.05) is 43.3 Å². The fourth-order valence-corrected chi connectivity index (χ4v) is 5.46. The Labute approximate surface area is 233 Å². The number of carbonyl (C=O) groups is 2. The molecule has 0 radical (unpaired) electrons. The summed E-state index contributed by atoms with van der Waals surface area (Å²) in [7, 11) is 2.17. The van der Waals surface area contributed by atoms with Crippen molar-refractivity contribution in [2.24, 2.45) is 16.6 Å². The number of nitrogens with two attached hydrogens (primary N) is 1. The number of likely N-dealkylation sites (tertiary alicyclic amines) is 1. The number of hydrogen-bond donors (Lipinski definition) is 2. The summed E-state index contributed by atoms with van der Waals surface area (Å²) in [6.45, 7) is 8.34. The highest BCUT2D eigenvalue weighted by molar-refractivity contribution is 6.05. The quantitative estimate of drug-likeness (QED) is 0.498. The summed E-state index contributed by atoms with van der Waals surface area (Å²) >= 11 is 0. The third kappa shape index (κ3) is 8.10. The zero-order chi connectivity index (χ0) is 27.6. The molecule has 7 heteroatoms. The number of amides is 1. The molecule has 0 atom stereocenters. The fraction of sp³-hybridized carbons (Fsp3) is 0.469. The molecule has 5 rings (SSSR count). The van der Waals surface area contributed by atoms with E-state index in [1.54, 1.807) is 12.1 Å². The molecule has 3 heterocycles. The van der Waals surface area contributed by atoms with Crippen LogP contribution in [0.15, 0.2) is 53.0 Å². The van der Waals surface area contributed by atoms with Gasteiger partial charge in [0, 0.05) is 36.2 Å². The minimum atomic E-state index is 0.0647. The Morgan fingerprint density at radius 2 is 1.79 bits per heavy atom. The van der Waals surface area contributed by atoms with Gasteiger partial charge >= 0.3 is 0 Å². The normalized spacial score (nSPS) is 17.7. The third-order valence-electron chi connectivity index (χ3n) is 7.70. The van der Waals surface area contributed by atoms with E-state index in [1.165, 1.54) is 25.9 Å². The second-order valence-electron chi connectivity index (χ2n) is 10.9. The Morgan fingerprint density at radius 1 is 1.10 bits per heavy atom. The van der Waals surface area contributed by atoms with Crippen molar-refractivity contribution in [3.05, 3.63) is 59.2 Å². The van der Waals surface area contributed by atoms with Gasteiger partial charge in [0.25, 0.3) is 0 Å². The van der Waals surface area contributed by atoms with Gasteiger partial charge in [-0.15, -0.1) is 0 Å². The lowest BCUT2D eigenvalue weighted by Crippen LogP contribution is -2.40. The van der Waals surface area contributed by atoms with Crippen molar-refractivity contribution < 1.29 is 9.59 Å². The highest BCUT2D eigenvalue weighted by Gasteiger charge is 2.24. The fourth-order valence-electron chi connectivity index (χ4n) is 5.46. The maximum atomic E-state index is 13.5. The van der Waals surface area contributed by atoms with Gasteiger partial charge in [0.15, 0.2) is 0 Å². The first-order valence-electron chi connectivity index (χ1n) is 14.4. The van der Waals surface area contributed by atoms with Gasteiger partial charge in [-0.05, 0) is 94.5 Å². The summed E-state index contributed by atoms with van der Waals surface area (Å²) in [4.78, 5) is 33.4. The average molecular weight is 530 g/mol. The van der Waals surface area contributed by atoms with Gasteiger partial charge in [0.1, 0.15) is 12.1 Å². The molecule has 2 saturated heterocycles. The van der Waals surface area contributed by atoms with Crippen LogP contribution in [-0.4, -0.2) is 74.1 Å². The standard InChI is InChI=1S/C27H32N4O2.C5H11N/c1-2-13-31(17-19-9-11-29-12-10-19)27(33)24-14-23-8-7-22(15-25(23)30-26(28)16-24)21-5-3-20(18-32)4-6-21;1-6-4-2-3-5-6/h3-8,14-15,18-19,29H,2,9-13,16-17H2,1H3,(H2,28,30);2-5H2,1H3. The van der Waals surface area contributed by atoms with Crippen molar-refractivity contribution in [3.8, 4) is 11.1 Å². The lowest BCUT2D eigenvalue weighted by Gasteiger charge is -2.30. The molecule has 0 saturated carbocycles. The molecule has 2 aromatic rings. The number of benzene rings is 2. The highest BCUT2D eigenvalue weighted by Crippen LogP contribution is 2.32. The second-order valence-corrected chi connectivity index (χ2v) is 10.9. The average Bonchev–Trinajstić information content (AvgIpc) is 3.37. The number of piperidine rings is 1. The molecule has 0 aliphatic carbocycles. The number of aliphatic imine (C=N–C) groups is 1. The molecular formula is C32H43N5O2. The largest absolute Gasteiger partial charge is 0.387 e. The van der Waals surface area contributed by atoms with Gasteiger partial charge in [0.2, 0.25) is 5.91 Å². The number of rotatable bonds is 7. The zero-order valence-electron chi connectivity index (χ0n) is 23.5. The first kappa shape index (κ1) is 28.7. The van der Waals surface area contributed by atoms with Gasteiger partial charge in [-0.3, -0.25) is 9.59 Å². The summed E-state index contributed by atoms with van der Waals surface area (Å²) < 4.78 is 0. The van der Waals surface area contributed by atoms with E-state index < -0.39 is 0 Å². The molecule has 3 N–H and O–H groups in total.